The summed E-state index contributed by atoms with van der Waals surface area (Å²) in [6, 6.07) is 8.22. The molecule has 1 aliphatic carbocycles. The van der Waals surface area contributed by atoms with E-state index in [1.165, 1.54) is 29.0 Å². The fourth-order valence-corrected chi connectivity index (χ4v) is 3.33. The molecule has 0 bridgehead atoms. The van der Waals surface area contributed by atoms with Crippen molar-refractivity contribution in [1.82, 2.24) is 10.3 Å². The van der Waals surface area contributed by atoms with Crippen LogP contribution in [0.1, 0.15) is 47.0 Å². The largest absolute Gasteiger partial charge is 0.350 e. The number of aromatic nitrogens is 1. The number of amides is 1. The number of nitrogens with zero attached hydrogens (tertiary/aromatic N) is 1. The molecular weight excluding hydrogens is 280 g/mol. The van der Waals surface area contributed by atoms with Gasteiger partial charge in [0.05, 0.1) is 17.2 Å². The van der Waals surface area contributed by atoms with Crippen molar-refractivity contribution in [3.05, 3.63) is 51.5 Å². The van der Waals surface area contributed by atoms with E-state index in [2.05, 4.69) is 34.7 Å². The molecule has 4 heteroatoms. The van der Waals surface area contributed by atoms with Crippen LogP contribution in [0.15, 0.2) is 29.6 Å². The molecule has 21 heavy (non-hydrogen) atoms. The second-order valence-electron chi connectivity index (χ2n) is 5.65. The van der Waals surface area contributed by atoms with Gasteiger partial charge in [-0.05, 0) is 37.3 Å². The van der Waals surface area contributed by atoms with E-state index in [1.807, 2.05) is 12.1 Å². The number of carbonyl (C=O) groups is 1. The normalized spacial score (nSPS) is 14.1. The van der Waals surface area contributed by atoms with Crippen molar-refractivity contribution in [2.45, 2.75) is 45.1 Å². The quantitative estimate of drug-likeness (QED) is 0.886. The summed E-state index contributed by atoms with van der Waals surface area (Å²) in [4.78, 5) is 16.5. The second-order valence-corrected chi connectivity index (χ2v) is 6.54. The maximum absolute atomic E-state index is 11.9. The molecule has 0 saturated heterocycles. The highest BCUT2D eigenvalue weighted by Crippen LogP contribution is 2.41. The number of thiazole rings is 1. The van der Waals surface area contributed by atoms with Crippen molar-refractivity contribution in [1.29, 1.82) is 0 Å². The minimum absolute atomic E-state index is 0.0965. The molecule has 1 saturated carbocycles. The van der Waals surface area contributed by atoms with Crippen LogP contribution in [0.4, 0.5) is 0 Å². The van der Waals surface area contributed by atoms with Gasteiger partial charge in [0.2, 0.25) is 5.91 Å². The molecule has 0 spiro atoms. The first-order valence-electron chi connectivity index (χ1n) is 7.48. The fourth-order valence-electron chi connectivity index (χ4n) is 2.34. The van der Waals surface area contributed by atoms with E-state index < -0.39 is 0 Å². The second kappa shape index (κ2) is 6.39. The minimum atomic E-state index is 0.0965. The Balaban J connectivity index is 1.44. The highest BCUT2D eigenvalue weighted by atomic mass is 32.1. The summed E-state index contributed by atoms with van der Waals surface area (Å²) in [6.07, 6.45) is 3.87. The van der Waals surface area contributed by atoms with Crippen LogP contribution in [0.5, 0.6) is 0 Å². The molecule has 1 aromatic heterocycles. The predicted octanol–water partition coefficient (Wildman–Crippen LogP) is 3.58. The van der Waals surface area contributed by atoms with E-state index in [1.54, 1.807) is 11.3 Å². The summed E-state index contributed by atoms with van der Waals surface area (Å²) in [5.74, 6) is 0.791. The first-order valence-corrected chi connectivity index (χ1v) is 8.36. The van der Waals surface area contributed by atoms with Crippen LogP contribution in [0.3, 0.4) is 0 Å². The summed E-state index contributed by atoms with van der Waals surface area (Å²) < 4.78 is 0. The van der Waals surface area contributed by atoms with Gasteiger partial charge in [-0.2, -0.15) is 0 Å². The molecule has 1 fully saturated rings. The van der Waals surface area contributed by atoms with Crippen LogP contribution in [0.2, 0.25) is 0 Å². The first kappa shape index (κ1) is 14.3. The zero-order valence-corrected chi connectivity index (χ0v) is 13.1. The van der Waals surface area contributed by atoms with Gasteiger partial charge >= 0.3 is 0 Å². The van der Waals surface area contributed by atoms with Gasteiger partial charge < -0.3 is 5.32 Å². The third-order valence-electron chi connectivity index (χ3n) is 3.85. The van der Waals surface area contributed by atoms with Gasteiger partial charge in [0.15, 0.2) is 0 Å². The Morgan fingerprint density at radius 3 is 2.95 bits per heavy atom. The summed E-state index contributed by atoms with van der Waals surface area (Å²) in [5.41, 5.74) is 3.49. The molecule has 0 radical (unpaired) electrons. The van der Waals surface area contributed by atoms with Crippen LogP contribution in [-0.4, -0.2) is 10.9 Å². The summed E-state index contributed by atoms with van der Waals surface area (Å²) in [5, 5.41) is 6.27. The van der Waals surface area contributed by atoms with Crippen molar-refractivity contribution in [2.75, 3.05) is 0 Å². The Bertz CT molecular complexity index is 631. The van der Waals surface area contributed by atoms with E-state index in [0.717, 1.165) is 12.1 Å². The lowest BCUT2D eigenvalue weighted by Crippen LogP contribution is -2.23. The van der Waals surface area contributed by atoms with E-state index in [4.69, 9.17) is 0 Å². The lowest BCUT2D eigenvalue weighted by atomic mass is 10.0. The van der Waals surface area contributed by atoms with Crippen molar-refractivity contribution in [2.24, 2.45) is 0 Å². The zero-order valence-electron chi connectivity index (χ0n) is 12.3. The third-order valence-corrected chi connectivity index (χ3v) is 4.90. The van der Waals surface area contributed by atoms with Gasteiger partial charge in [-0.25, -0.2) is 4.98 Å². The van der Waals surface area contributed by atoms with Crippen molar-refractivity contribution in [3.63, 3.8) is 0 Å². The Kier molecular flexibility index (Phi) is 4.34. The SMILES string of the molecule is Cc1ccccc1CCC(=O)NCc1csc(C2CC2)n1. The molecule has 1 aliphatic rings. The number of nitrogens with one attached hydrogen (secondary N) is 1. The monoisotopic (exact) mass is 300 g/mol. The van der Waals surface area contributed by atoms with Crippen LogP contribution >= 0.6 is 11.3 Å². The van der Waals surface area contributed by atoms with Crippen LogP contribution in [0, 0.1) is 6.92 Å². The van der Waals surface area contributed by atoms with Crippen molar-refractivity contribution in [3.8, 4) is 0 Å². The van der Waals surface area contributed by atoms with E-state index in [9.17, 15) is 4.79 Å². The molecule has 1 heterocycles. The molecule has 0 atom stereocenters. The number of benzene rings is 1. The molecule has 1 aromatic carbocycles. The lowest BCUT2D eigenvalue weighted by molar-refractivity contribution is -0.121. The number of hydrogen-bond acceptors (Lipinski definition) is 3. The average molecular weight is 300 g/mol. The molecule has 3 nitrogen and oxygen atoms in total. The smallest absolute Gasteiger partial charge is 0.220 e. The Labute approximate surface area is 129 Å². The van der Waals surface area contributed by atoms with Crippen LogP contribution in [-0.2, 0) is 17.8 Å². The Morgan fingerprint density at radius 2 is 2.19 bits per heavy atom. The molecular formula is C17H20N2OS. The van der Waals surface area contributed by atoms with Gasteiger partial charge in [0.1, 0.15) is 0 Å². The number of rotatable bonds is 6. The highest BCUT2D eigenvalue weighted by molar-refractivity contribution is 7.09. The van der Waals surface area contributed by atoms with Crippen molar-refractivity contribution < 1.29 is 4.79 Å². The van der Waals surface area contributed by atoms with Crippen LogP contribution in [0.25, 0.3) is 0 Å². The standard InChI is InChI=1S/C17H20N2OS/c1-12-4-2-3-5-13(12)8-9-16(20)18-10-15-11-21-17(19-15)14-6-7-14/h2-5,11,14H,6-10H2,1H3,(H,18,20). The van der Waals surface area contributed by atoms with Crippen LogP contribution < -0.4 is 5.32 Å². The Hall–Kier alpha value is -1.68. The first-order chi connectivity index (χ1) is 10.2. The molecule has 2 aromatic rings. The molecule has 110 valence electrons. The maximum atomic E-state index is 11.9. The van der Waals surface area contributed by atoms with Gasteiger partial charge in [0, 0.05) is 17.7 Å². The summed E-state index contributed by atoms with van der Waals surface area (Å²) in [7, 11) is 0. The lowest BCUT2D eigenvalue weighted by Gasteiger charge is -2.06. The third kappa shape index (κ3) is 3.91. The zero-order chi connectivity index (χ0) is 14.7. The van der Waals surface area contributed by atoms with Gasteiger partial charge in [-0.1, -0.05) is 24.3 Å². The summed E-state index contributed by atoms with van der Waals surface area (Å²) in [6.45, 7) is 2.64. The minimum Gasteiger partial charge on any atom is -0.350 e. The molecule has 3 rings (SSSR count). The maximum Gasteiger partial charge on any atom is 0.220 e. The van der Waals surface area contributed by atoms with Crippen molar-refractivity contribution >= 4 is 17.2 Å². The number of hydrogen-bond donors (Lipinski definition) is 1. The average Bonchev–Trinajstić information content (AvgIpc) is 3.23. The van der Waals surface area contributed by atoms with E-state index >= 15 is 0 Å². The topological polar surface area (TPSA) is 42.0 Å². The van der Waals surface area contributed by atoms with Gasteiger partial charge in [-0.15, -0.1) is 11.3 Å². The number of aryl methyl sites for hydroxylation is 2. The molecule has 0 unspecified atom stereocenters. The van der Waals surface area contributed by atoms with Gasteiger partial charge in [0.25, 0.3) is 0 Å². The Morgan fingerprint density at radius 1 is 1.38 bits per heavy atom. The van der Waals surface area contributed by atoms with Gasteiger partial charge in [-0.3, -0.25) is 4.79 Å². The predicted molar refractivity (Wildman–Crippen MR) is 85.4 cm³/mol. The molecule has 0 aliphatic heterocycles. The van der Waals surface area contributed by atoms with E-state index in [-0.39, 0.29) is 5.91 Å². The number of carbonyl (C=O) groups excluding carboxylic acids is 1. The summed E-state index contributed by atoms with van der Waals surface area (Å²) >= 11 is 1.72. The highest BCUT2D eigenvalue weighted by Gasteiger charge is 2.26. The molecule has 1 N–H and O–H groups in total. The molecule has 1 amide bonds. The fraction of sp³-hybridized carbons (Fsp3) is 0.412. The van der Waals surface area contributed by atoms with E-state index in [0.29, 0.717) is 18.9 Å².